The second-order valence-corrected chi connectivity index (χ2v) is 6.52. The molecule has 0 radical (unpaired) electrons. The normalized spacial score (nSPS) is 31.8. The van der Waals surface area contributed by atoms with Gasteiger partial charge < -0.3 is 10.2 Å². The fourth-order valence-corrected chi connectivity index (χ4v) is 2.78. The lowest BCUT2D eigenvalue weighted by Crippen LogP contribution is -2.39. The summed E-state index contributed by atoms with van der Waals surface area (Å²) in [7, 11) is 0. The van der Waals surface area contributed by atoms with Gasteiger partial charge in [0.15, 0.2) is 0 Å². The summed E-state index contributed by atoms with van der Waals surface area (Å²) >= 11 is 12.0. The number of likely N-dealkylation sites (tertiary alicyclic amines) is 1. The van der Waals surface area contributed by atoms with Gasteiger partial charge in [-0.25, -0.2) is 0 Å². The van der Waals surface area contributed by atoms with Crippen molar-refractivity contribution in [2.24, 2.45) is 5.92 Å². The van der Waals surface area contributed by atoms with Gasteiger partial charge in [0.1, 0.15) is 4.33 Å². The second kappa shape index (κ2) is 4.79. The highest BCUT2D eigenvalue weighted by Gasteiger charge is 2.51. The zero-order valence-electron chi connectivity index (χ0n) is 9.31. The molecule has 1 saturated heterocycles. The third-order valence-electron chi connectivity index (χ3n) is 3.40. The highest BCUT2D eigenvalue weighted by Crippen LogP contribution is 2.52. The standard InChI is InChI=1S/C11H20Cl2N2/c1-9(8-15-4-2-3-5-15)14-7-10-6-11(10,12)13/h9-10,14H,2-8H2,1H3. The molecule has 2 unspecified atom stereocenters. The first kappa shape index (κ1) is 12.0. The van der Waals surface area contributed by atoms with E-state index in [-0.39, 0.29) is 0 Å². The van der Waals surface area contributed by atoms with E-state index in [4.69, 9.17) is 23.2 Å². The summed E-state index contributed by atoms with van der Waals surface area (Å²) < 4.78 is -0.430. The van der Waals surface area contributed by atoms with Crippen molar-refractivity contribution in [1.82, 2.24) is 10.2 Å². The van der Waals surface area contributed by atoms with Gasteiger partial charge in [-0.2, -0.15) is 0 Å². The summed E-state index contributed by atoms with van der Waals surface area (Å²) in [6, 6.07) is 0.549. The van der Waals surface area contributed by atoms with Gasteiger partial charge in [0.05, 0.1) is 0 Å². The SMILES string of the molecule is CC(CN1CCCC1)NCC1CC1(Cl)Cl. The molecule has 0 aromatic carbocycles. The van der Waals surface area contributed by atoms with Gasteiger partial charge >= 0.3 is 0 Å². The van der Waals surface area contributed by atoms with Crippen LogP contribution in [-0.2, 0) is 0 Å². The van der Waals surface area contributed by atoms with Crippen LogP contribution in [0.25, 0.3) is 0 Å². The Kier molecular flexibility index (Phi) is 3.82. The Morgan fingerprint density at radius 2 is 2.00 bits per heavy atom. The van der Waals surface area contributed by atoms with Crippen molar-refractivity contribution in [3.05, 3.63) is 0 Å². The van der Waals surface area contributed by atoms with Crippen molar-refractivity contribution in [2.75, 3.05) is 26.2 Å². The first-order valence-corrected chi connectivity index (χ1v) is 6.67. The predicted molar refractivity (Wildman–Crippen MR) is 65.7 cm³/mol. The van der Waals surface area contributed by atoms with Gasteiger partial charge in [0.25, 0.3) is 0 Å². The molecule has 2 atom stereocenters. The fourth-order valence-electron chi connectivity index (χ4n) is 2.25. The van der Waals surface area contributed by atoms with Gasteiger partial charge in [-0.15, -0.1) is 23.2 Å². The summed E-state index contributed by atoms with van der Waals surface area (Å²) in [5.74, 6) is 0.460. The largest absolute Gasteiger partial charge is 0.313 e. The fraction of sp³-hybridized carbons (Fsp3) is 1.00. The molecule has 1 saturated carbocycles. The third kappa shape index (κ3) is 3.48. The first-order valence-electron chi connectivity index (χ1n) is 5.91. The van der Waals surface area contributed by atoms with Crippen LogP contribution in [0.1, 0.15) is 26.2 Å². The van der Waals surface area contributed by atoms with E-state index in [1.165, 1.54) is 25.9 Å². The molecule has 1 aliphatic heterocycles. The van der Waals surface area contributed by atoms with Crippen molar-refractivity contribution in [2.45, 2.75) is 36.6 Å². The quantitative estimate of drug-likeness (QED) is 0.754. The minimum absolute atomic E-state index is 0.430. The van der Waals surface area contributed by atoms with Crippen LogP contribution >= 0.6 is 23.2 Å². The monoisotopic (exact) mass is 250 g/mol. The van der Waals surface area contributed by atoms with E-state index in [0.717, 1.165) is 19.5 Å². The van der Waals surface area contributed by atoms with Crippen LogP contribution < -0.4 is 5.32 Å². The van der Waals surface area contributed by atoms with Gasteiger partial charge in [0.2, 0.25) is 0 Å². The number of nitrogens with zero attached hydrogens (tertiary/aromatic N) is 1. The number of hydrogen-bond acceptors (Lipinski definition) is 2. The number of nitrogens with one attached hydrogen (secondary N) is 1. The van der Waals surface area contributed by atoms with Crippen LogP contribution in [0.5, 0.6) is 0 Å². The van der Waals surface area contributed by atoms with Crippen LogP contribution in [-0.4, -0.2) is 41.5 Å². The van der Waals surface area contributed by atoms with E-state index < -0.39 is 4.33 Å². The van der Waals surface area contributed by atoms with Crippen molar-refractivity contribution in [3.8, 4) is 0 Å². The van der Waals surface area contributed by atoms with E-state index in [1.54, 1.807) is 0 Å². The molecule has 4 heteroatoms. The van der Waals surface area contributed by atoms with E-state index in [9.17, 15) is 0 Å². The molecule has 1 N–H and O–H groups in total. The van der Waals surface area contributed by atoms with Crippen LogP contribution in [0.4, 0.5) is 0 Å². The molecule has 0 aromatic heterocycles. The van der Waals surface area contributed by atoms with Crippen molar-refractivity contribution >= 4 is 23.2 Å². The maximum absolute atomic E-state index is 5.98. The van der Waals surface area contributed by atoms with Crippen LogP contribution in [0.2, 0.25) is 0 Å². The number of alkyl halides is 2. The molecule has 2 rings (SSSR count). The Morgan fingerprint density at radius 1 is 1.40 bits per heavy atom. The van der Waals surface area contributed by atoms with E-state index in [2.05, 4.69) is 17.1 Å². The smallest absolute Gasteiger partial charge is 0.122 e. The van der Waals surface area contributed by atoms with E-state index in [0.29, 0.717) is 12.0 Å². The Hall–Kier alpha value is 0.500. The summed E-state index contributed by atoms with van der Waals surface area (Å²) in [6.45, 7) is 6.89. The Balaban J connectivity index is 1.58. The zero-order valence-corrected chi connectivity index (χ0v) is 10.8. The van der Waals surface area contributed by atoms with Gasteiger partial charge in [-0.05, 0) is 39.3 Å². The first-order chi connectivity index (χ1) is 7.08. The van der Waals surface area contributed by atoms with Crippen molar-refractivity contribution in [3.63, 3.8) is 0 Å². The average molecular weight is 251 g/mol. The lowest BCUT2D eigenvalue weighted by atomic mass is 10.3. The van der Waals surface area contributed by atoms with Crippen molar-refractivity contribution in [1.29, 1.82) is 0 Å². The molecule has 0 aromatic rings. The highest BCUT2D eigenvalue weighted by atomic mass is 35.5. The third-order valence-corrected chi connectivity index (χ3v) is 4.32. The molecule has 1 heterocycles. The molecule has 1 aliphatic carbocycles. The van der Waals surface area contributed by atoms with E-state index >= 15 is 0 Å². The van der Waals surface area contributed by atoms with Gasteiger partial charge in [-0.1, -0.05) is 0 Å². The lowest BCUT2D eigenvalue weighted by Gasteiger charge is -2.21. The molecule has 88 valence electrons. The number of hydrogen-bond donors (Lipinski definition) is 1. The van der Waals surface area contributed by atoms with Gasteiger partial charge in [-0.3, -0.25) is 0 Å². The van der Waals surface area contributed by atoms with Crippen molar-refractivity contribution < 1.29 is 0 Å². The zero-order chi connectivity index (χ0) is 10.9. The molecule has 2 aliphatic rings. The Morgan fingerprint density at radius 3 is 2.53 bits per heavy atom. The van der Waals surface area contributed by atoms with Gasteiger partial charge in [0, 0.05) is 25.0 Å². The predicted octanol–water partition coefficient (Wildman–Crippen LogP) is 2.25. The Bertz CT molecular complexity index is 215. The molecule has 2 nitrogen and oxygen atoms in total. The highest BCUT2D eigenvalue weighted by molar-refractivity contribution is 6.50. The second-order valence-electron chi connectivity index (χ2n) is 4.98. The molecule has 0 bridgehead atoms. The van der Waals surface area contributed by atoms with Crippen LogP contribution in [0, 0.1) is 5.92 Å². The summed E-state index contributed by atoms with van der Waals surface area (Å²) in [6.07, 6.45) is 3.67. The average Bonchev–Trinajstić information content (AvgIpc) is 2.62. The lowest BCUT2D eigenvalue weighted by molar-refractivity contribution is 0.297. The molecule has 2 fully saturated rings. The summed E-state index contributed by atoms with van der Waals surface area (Å²) in [5, 5.41) is 3.52. The minimum Gasteiger partial charge on any atom is -0.313 e. The topological polar surface area (TPSA) is 15.3 Å². The minimum atomic E-state index is -0.430. The van der Waals surface area contributed by atoms with Crippen LogP contribution in [0.3, 0.4) is 0 Å². The number of rotatable bonds is 5. The maximum atomic E-state index is 5.98. The molecule has 15 heavy (non-hydrogen) atoms. The summed E-state index contributed by atoms with van der Waals surface area (Å²) in [4.78, 5) is 2.53. The van der Waals surface area contributed by atoms with Crippen LogP contribution in [0.15, 0.2) is 0 Å². The Labute approximate surface area is 102 Å². The maximum Gasteiger partial charge on any atom is 0.122 e. The molecular weight excluding hydrogens is 231 g/mol. The molecule has 0 spiro atoms. The summed E-state index contributed by atoms with van der Waals surface area (Å²) in [5.41, 5.74) is 0. The molecular formula is C11H20Cl2N2. The molecule has 0 amide bonds. The van der Waals surface area contributed by atoms with E-state index in [1.807, 2.05) is 0 Å². The number of halogens is 2.